The van der Waals surface area contributed by atoms with Gasteiger partial charge in [-0.2, -0.15) is 0 Å². The first-order valence-corrected chi connectivity index (χ1v) is 9.40. The Labute approximate surface area is 170 Å². The van der Waals surface area contributed by atoms with Crippen molar-refractivity contribution in [2.45, 2.75) is 13.8 Å². The minimum absolute atomic E-state index is 0.100. The van der Waals surface area contributed by atoms with E-state index in [1.54, 1.807) is 24.3 Å². The highest BCUT2D eigenvalue weighted by Crippen LogP contribution is 2.20. The maximum absolute atomic E-state index is 12.6. The topological polar surface area (TPSA) is 79.6 Å². The maximum Gasteiger partial charge on any atom is 0.289 e. The van der Waals surface area contributed by atoms with Crippen molar-refractivity contribution in [3.05, 3.63) is 74.0 Å². The lowest BCUT2D eigenvalue weighted by atomic mass is 10.1. The fourth-order valence-corrected chi connectivity index (χ4v) is 3.28. The van der Waals surface area contributed by atoms with Crippen LogP contribution in [0, 0.1) is 13.8 Å². The number of benzene rings is 2. The summed E-state index contributed by atoms with van der Waals surface area (Å²) in [5.41, 5.74) is 2.53. The normalized spacial score (nSPS) is 10.7. The molecule has 144 valence electrons. The smallest absolute Gasteiger partial charge is 0.289 e. The molecule has 0 saturated heterocycles. The Morgan fingerprint density at radius 1 is 1.11 bits per heavy atom. The van der Waals surface area contributed by atoms with E-state index < -0.39 is 5.91 Å². The van der Waals surface area contributed by atoms with Gasteiger partial charge in [-0.15, -0.1) is 0 Å². The van der Waals surface area contributed by atoms with Gasteiger partial charge < -0.3 is 14.6 Å². The first-order chi connectivity index (χ1) is 13.2. The molecule has 7 heteroatoms. The summed E-state index contributed by atoms with van der Waals surface area (Å²) in [7, 11) is 1.48. The van der Waals surface area contributed by atoms with Crippen LogP contribution in [0.3, 0.4) is 0 Å². The number of carbonyl (C=O) groups excluding carboxylic acids is 2. The van der Waals surface area contributed by atoms with Crippen molar-refractivity contribution in [3.8, 4) is 0 Å². The van der Waals surface area contributed by atoms with E-state index in [1.165, 1.54) is 11.9 Å². The van der Waals surface area contributed by atoms with Gasteiger partial charge in [0.15, 0.2) is 11.2 Å². The van der Waals surface area contributed by atoms with Gasteiger partial charge in [0.2, 0.25) is 5.91 Å². The van der Waals surface area contributed by atoms with E-state index in [-0.39, 0.29) is 23.6 Å². The third-order valence-corrected chi connectivity index (χ3v) is 4.78. The molecule has 0 bridgehead atoms. The second-order valence-corrected chi connectivity index (χ2v) is 7.56. The summed E-state index contributed by atoms with van der Waals surface area (Å²) >= 11 is 3.37. The quantitative estimate of drug-likeness (QED) is 0.664. The third-order valence-electron chi connectivity index (χ3n) is 4.28. The molecule has 1 aromatic heterocycles. The molecule has 0 fully saturated rings. The molecule has 0 unspecified atom stereocenters. The van der Waals surface area contributed by atoms with E-state index in [1.807, 2.05) is 26.0 Å². The molecular formula is C21H19BrN2O4. The highest BCUT2D eigenvalue weighted by molar-refractivity contribution is 9.10. The molecular weight excluding hydrogens is 424 g/mol. The summed E-state index contributed by atoms with van der Waals surface area (Å²) in [5.74, 6) is -0.987. The minimum atomic E-state index is -0.540. The number of aryl methyl sites for hydroxylation is 2. The van der Waals surface area contributed by atoms with E-state index in [2.05, 4.69) is 21.2 Å². The molecule has 0 atom stereocenters. The van der Waals surface area contributed by atoms with Crippen LogP contribution < -0.4 is 10.7 Å². The summed E-state index contributed by atoms with van der Waals surface area (Å²) in [6.45, 7) is 3.57. The Morgan fingerprint density at radius 2 is 1.86 bits per heavy atom. The molecule has 0 radical (unpaired) electrons. The molecule has 2 amide bonds. The maximum atomic E-state index is 12.6. The molecule has 0 aliphatic rings. The zero-order chi connectivity index (χ0) is 20.4. The lowest BCUT2D eigenvalue weighted by molar-refractivity contribution is -0.116. The average Bonchev–Trinajstić information content (AvgIpc) is 2.63. The molecule has 28 heavy (non-hydrogen) atoms. The minimum Gasteiger partial charge on any atom is -0.451 e. The van der Waals surface area contributed by atoms with E-state index in [0.717, 1.165) is 21.7 Å². The van der Waals surface area contributed by atoms with Crippen LogP contribution >= 0.6 is 15.9 Å². The Kier molecular flexibility index (Phi) is 5.65. The molecule has 3 aromatic rings. The lowest BCUT2D eigenvalue weighted by Gasteiger charge is -2.17. The number of carbonyl (C=O) groups is 2. The number of fused-ring (bicyclic) bond motifs is 1. The van der Waals surface area contributed by atoms with Crippen LogP contribution in [-0.2, 0) is 4.79 Å². The fourth-order valence-electron chi connectivity index (χ4n) is 2.81. The Hall–Kier alpha value is -2.93. The van der Waals surface area contributed by atoms with Gasteiger partial charge in [0.25, 0.3) is 5.91 Å². The summed E-state index contributed by atoms with van der Waals surface area (Å²) in [4.78, 5) is 38.4. The van der Waals surface area contributed by atoms with Gasteiger partial charge in [-0.25, -0.2) is 0 Å². The van der Waals surface area contributed by atoms with Crippen LogP contribution in [0.2, 0.25) is 0 Å². The van der Waals surface area contributed by atoms with Crippen molar-refractivity contribution in [2.24, 2.45) is 0 Å². The van der Waals surface area contributed by atoms with Crippen molar-refractivity contribution in [2.75, 3.05) is 18.9 Å². The largest absolute Gasteiger partial charge is 0.451 e. The van der Waals surface area contributed by atoms with Gasteiger partial charge in [-0.1, -0.05) is 27.6 Å². The van der Waals surface area contributed by atoms with Crippen LogP contribution in [0.1, 0.15) is 21.7 Å². The summed E-state index contributed by atoms with van der Waals surface area (Å²) < 4.78 is 6.50. The second kappa shape index (κ2) is 7.98. The molecule has 0 saturated carbocycles. The van der Waals surface area contributed by atoms with Crippen LogP contribution in [-0.4, -0.2) is 30.3 Å². The molecule has 0 aliphatic heterocycles. The lowest BCUT2D eigenvalue weighted by Crippen LogP contribution is -2.35. The molecule has 2 aromatic carbocycles. The van der Waals surface area contributed by atoms with Crippen LogP contribution in [0.15, 0.2) is 56.1 Å². The van der Waals surface area contributed by atoms with Crippen LogP contribution in [0.4, 0.5) is 5.69 Å². The van der Waals surface area contributed by atoms with Crippen LogP contribution in [0.25, 0.3) is 11.0 Å². The molecule has 3 rings (SSSR count). The van der Waals surface area contributed by atoms with E-state index in [0.29, 0.717) is 16.7 Å². The number of nitrogens with zero attached hydrogens (tertiary/aromatic N) is 1. The molecule has 1 N–H and O–H groups in total. The van der Waals surface area contributed by atoms with Crippen molar-refractivity contribution in [1.29, 1.82) is 0 Å². The summed E-state index contributed by atoms with van der Waals surface area (Å²) in [5, 5.41) is 3.20. The van der Waals surface area contributed by atoms with Crippen molar-refractivity contribution in [3.63, 3.8) is 0 Å². The van der Waals surface area contributed by atoms with E-state index in [4.69, 9.17) is 4.42 Å². The van der Waals surface area contributed by atoms with Gasteiger partial charge in [0.1, 0.15) is 5.58 Å². The summed E-state index contributed by atoms with van der Waals surface area (Å²) in [6, 6.07) is 11.8. The Morgan fingerprint density at radius 3 is 2.57 bits per heavy atom. The zero-order valence-electron chi connectivity index (χ0n) is 15.7. The van der Waals surface area contributed by atoms with E-state index >= 15 is 0 Å². The number of nitrogens with one attached hydrogen (secondary N) is 1. The average molecular weight is 443 g/mol. The number of hydrogen-bond donors (Lipinski definition) is 1. The molecule has 0 spiro atoms. The third kappa shape index (κ3) is 4.31. The second-order valence-electron chi connectivity index (χ2n) is 6.64. The standard InChI is InChI=1S/C21H19BrN2O4/c1-12-4-7-18-15(8-12)17(25)10-19(28-18)21(27)24(3)11-20(26)23-16-6-5-14(22)9-13(16)2/h4-10H,11H2,1-3H3,(H,23,26). The molecule has 6 nitrogen and oxygen atoms in total. The predicted octanol–water partition coefficient (Wildman–Crippen LogP) is 3.88. The first kappa shape index (κ1) is 19.8. The number of amides is 2. The SMILES string of the molecule is Cc1ccc2oc(C(=O)N(C)CC(=O)Nc3ccc(Br)cc3C)cc(=O)c2c1. The predicted molar refractivity (Wildman–Crippen MR) is 112 cm³/mol. The number of hydrogen-bond acceptors (Lipinski definition) is 4. The van der Waals surface area contributed by atoms with Crippen molar-refractivity contribution in [1.82, 2.24) is 4.90 Å². The number of rotatable bonds is 4. The fraction of sp³-hybridized carbons (Fsp3) is 0.190. The van der Waals surface area contributed by atoms with Crippen LogP contribution in [0.5, 0.6) is 0 Å². The van der Waals surface area contributed by atoms with Gasteiger partial charge >= 0.3 is 0 Å². The Balaban J connectivity index is 1.75. The molecule has 1 heterocycles. The zero-order valence-corrected chi connectivity index (χ0v) is 17.3. The number of likely N-dealkylation sites (N-methyl/N-ethyl adjacent to an activating group) is 1. The van der Waals surface area contributed by atoms with Gasteiger partial charge in [-0.3, -0.25) is 14.4 Å². The number of anilines is 1. The van der Waals surface area contributed by atoms with E-state index in [9.17, 15) is 14.4 Å². The van der Waals surface area contributed by atoms with Crippen molar-refractivity contribution >= 4 is 44.4 Å². The van der Waals surface area contributed by atoms with Gasteiger partial charge in [-0.05, 0) is 49.7 Å². The van der Waals surface area contributed by atoms with Gasteiger partial charge in [0, 0.05) is 23.3 Å². The number of halogens is 1. The Bertz CT molecular complexity index is 1140. The highest BCUT2D eigenvalue weighted by atomic mass is 79.9. The highest BCUT2D eigenvalue weighted by Gasteiger charge is 2.19. The van der Waals surface area contributed by atoms with Crippen molar-refractivity contribution < 1.29 is 14.0 Å². The monoisotopic (exact) mass is 442 g/mol. The van der Waals surface area contributed by atoms with Gasteiger partial charge in [0.05, 0.1) is 11.9 Å². The first-order valence-electron chi connectivity index (χ1n) is 8.60. The molecule has 0 aliphatic carbocycles. The summed E-state index contributed by atoms with van der Waals surface area (Å²) in [6.07, 6.45) is 0.